The molecule has 4 nitrogen and oxygen atoms in total. The van der Waals surface area contributed by atoms with Gasteiger partial charge in [-0.2, -0.15) is 0 Å². The fourth-order valence-corrected chi connectivity index (χ4v) is 3.46. The Morgan fingerprint density at radius 1 is 1.26 bits per heavy atom. The van der Waals surface area contributed by atoms with Crippen molar-refractivity contribution < 1.29 is 9.84 Å². The average Bonchev–Trinajstić information content (AvgIpc) is 2.89. The van der Waals surface area contributed by atoms with Gasteiger partial charge in [-0.1, -0.05) is 19.3 Å². The molecule has 1 heterocycles. The number of nitrogens with one attached hydrogen (secondary N) is 1. The molecule has 1 saturated heterocycles. The van der Waals surface area contributed by atoms with Crippen LogP contribution in [0.4, 0.5) is 0 Å². The topological polar surface area (TPSA) is 44.7 Å². The number of rotatable bonds is 7. The van der Waals surface area contributed by atoms with Gasteiger partial charge >= 0.3 is 0 Å². The highest BCUT2D eigenvalue weighted by Crippen LogP contribution is 2.29. The highest BCUT2D eigenvalue weighted by Gasteiger charge is 2.32. The van der Waals surface area contributed by atoms with Crippen LogP contribution in [0.2, 0.25) is 0 Å². The predicted molar refractivity (Wildman–Crippen MR) is 77.4 cm³/mol. The Bertz CT molecular complexity index is 249. The van der Waals surface area contributed by atoms with Gasteiger partial charge in [0.2, 0.25) is 0 Å². The van der Waals surface area contributed by atoms with E-state index in [4.69, 9.17) is 4.74 Å². The standard InChI is InChI=1S/C15H30N2O2/c1-19-11-10-17(12-14-6-5-9-16-14)13-15(18)7-3-2-4-8-15/h14,16,18H,2-13H2,1H3. The van der Waals surface area contributed by atoms with E-state index >= 15 is 0 Å². The maximum Gasteiger partial charge on any atom is 0.0774 e. The molecule has 1 aliphatic carbocycles. The van der Waals surface area contributed by atoms with Gasteiger partial charge in [0, 0.05) is 32.8 Å². The van der Waals surface area contributed by atoms with Crippen LogP contribution in [0.3, 0.4) is 0 Å². The third-order valence-corrected chi connectivity index (χ3v) is 4.55. The van der Waals surface area contributed by atoms with Crippen molar-refractivity contribution in [2.45, 2.75) is 56.6 Å². The maximum atomic E-state index is 10.7. The normalized spacial score (nSPS) is 27.0. The molecule has 0 amide bonds. The third-order valence-electron chi connectivity index (χ3n) is 4.55. The van der Waals surface area contributed by atoms with Crippen molar-refractivity contribution >= 4 is 0 Å². The maximum absolute atomic E-state index is 10.7. The van der Waals surface area contributed by atoms with Crippen molar-refractivity contribution in [3.05, 3.63) is 0 Å². The highest BCUT2D eigenvalue weighted by molar-refractivity contribution is 4.87. The molecule has 1 saturated carbocycles. The summed E-state index contributed by atoms with van der Waals surface area (Å²) in [7, 11) is 1.75. The summed E-state index contributed by atoms with van der Waals surface area (Å²) < 4.78 is 5.22. The fourth-order valence-electron chi connectivity index (χ4n) is 3.46. The molecule has 0 aromatic rings. The molecule has 0 bridgehead atoms. The van der Waals surface area contributed by atoms with Crippen LogP contribution in [-0.4, -0.2) is 61.5 Å². The second-order valence-electron chi connectivity index (χ2n) is 6.31. The number of aliphatic hydroxyl groups is 1. The van der Waals surface area contributed by atoms with Crippen LogP contribution < -0.4 is 5.32 Å². The number of hydrogen-bond acceptors (Lipinski definition) is 4. The van der Waals surface area contributed by atoms with Crippen molar-refractivity contribution in [2.75, 3.05) is 39.9 Å². The first-order chi connectivity index (χ1) is 9.22. The first-order valence-corrected chi connectivity index (χ1v) is 7.89. The van der Waals surface area contributed by atoms with E-state index in [1.54, 1.807) is 7.11 Å². The van der Waals surface area contributed by atoms with Crippen LogP contribution in [0, 0.1) is 0 Å². The van der Waals surface area contributed by atoms with E-state index in [-0.39, 0.29) is 0 Å². The quantitative estimate of drug-likeness (QED) is 0.734. The van der Waals surface area contributed by atoms with Gasteiger partial charge in [0.05, 0.1) is 12.2 Å². The highest BCUT2D eigenvalue weighted by atomic mass is 16.5. The molecule has 0 spiro atoms. The van der Waals surface area contributed by atoms with Gasteiger partial charge in [-0.3, -0.25) is 4.90 Å². The summed E-state index contributed by atoms with van der Waals surface area (Å²) in [6.45, 7) is 4.69. The van der Waals surface area contributed by atoms with E-state index in [1.165, 1.54) is 32.1 Å². The molecule has 2 fully saturated rings. The van der Waals surface area contributed by atoms with Crippen LogP contribution in [0.15, 0.2) is 0 Å². The largest absolute Gasteiger partial charge is 0.389 e. The summed E-state index contributed by atoms with van der Waals surface area (Å²) in [5, 5.41) is 14.3. The van der Waals surface area contributed by atoms with Crippen LogP contribution >= 0.6 is 0 Å². The van der Waals surface area contributed by atoms with Crippen LogP contribution in [0.25, 0.3) is 0 Å². The number of nitrogens with zero attached hydrogens (tertiary/aromatic N) is 1. The minimum Gasteiger partial charge on any atom is -0.389 e. The molecule has 1 atom stereocenters. The molecule has 0 aromatic heterocycles. The summed E-state index contributed by atoms with van der Waals surface area (Å²) in [5.74, 6) is 0. The molecular formula is C15H30N2O2. The lowest BCUT2D eigenvalue weighted by molar-refractivity contribution is -0.0314. The SMILES string of the molecule is COCCN(CC1CCCN1)CC1(O)CCCCC1. The van der Waals surface area contributed by atoms with Crippen molar-refractivity contribution in [1.29, 1.82) is 0 Å². The van der Waals surface area contributed by atoms with Crippen LogP contribution in [0.1, 0.15) is 44.9 Å². The third kappa shape index (κ3) is 5.03. The Morgan fingerprint density at radius 2 is 2.05 bits per heavy atom. The predicted octanol–water partition coefficient (Wildman–Crippen LogP) is 1.38. The van der Waals surface area contributed by atoms with Crippen molar-refractivity contribution in [1.82, 2.24) is 10.2 Å². The molecule has 0 aromatic carbocycles. The molecule has 19 heavy (non-hydrogen) atoms. The Labute approximate surface area is 117 Å². The van der Waals surface area contributed by atoms with Gasteiger partial charge < -0.3 is 15.2 Å². The van der Waals surface area contributed by atoms with E-state index in [0.29, 0.717) is 6.04 Å². The number of hydrogen-bond donors (Lipinski definition) is 2. The molecule has 4 heteroatoms. The lowest BCUT2D eigenvalue weighted by atomic mass is 9.84. The lowest BCUT2D eigenvalue weighted by Crippen LogP contribution is -2.49. The van der Waals surface area contributed by atoms with E-state index in [9.17, 15) is 5.11 Å². The molecular weight excluding hydrogens is 240 g/mol. The van der Waals surface area contributed by atoms with Gasteiger partial charge in [-0.25, -0.2) is 0 Å². The van der Waals surface area contributed by atoms with Gasteiger partial charge in [0.25, 0.3) is 0 Å². The summed E-state index contributed by atoms with van der Waals surface area (Å²) in [5.41, 5.74) is -0.454. The zero-order valence-corrected chi connectivity index (χ0v) is 12.4. The molecule has 112 valence electrons. The average molecular weight is 270 g/mol. The molecule has 2 rings (SSSR count). The van der Waals surface area contributed by atoms with Crippen molar-refractivity contribution in [2.24, 2.45) is 0 Å². The number of ether oxygens (including phenoxy) is 1. The zero-order chi connectivity index (χ0) is 13.6. The number of methoxy groups -OCH3 is 1. The minimum atomic E-state index is -0.454. The monoisotopic (exact) mass is 270 g/mol. The Morgan fingerprint density at radius 3 is 2.68 bits per heavy atom. The molecule has 1 unspecified atom stereocenters. The molecule has 2 N–H and O–H groups in total. The van der Waals surface area contributed by atoms with Gasteiger partial charge in [-0.15, -0.1) is 0 Å². The minimum absolute atomic E-state index is 0.454. The van der Waals surface area contributed by atoms with Crippen LogP contribution in [-0.2, 0) is 4.74 Å². The van der Waals surface area contributed by atoms with Gasteiger partial charge in [-0.05, 0) is 32.2 Å². The second-order valence-corrected chi connectivity index (χ2v) is 6.31. The summed E-state index contributed by atoms with van der Waals surface area (Å²) in [4.78, 5) is 2.40. The van der Waals surface area contributed by atoms with Crippen molar-refractivity contribution in [3.8, 4) is 0 Å². The zero-order valence-electron chi connectivity index (χ0n) is 12.4. The Balaban J connectivity index is 1.84. The molecule has 2 aliphatic rings. The first-order valence-electron chi connectivity index (χ1n) is 7.89. The van der Waals surface area contributed by atoms with Crippen LogP contribution in [0.5, 0.6) is 0 Å². The summed E-state index contributed by atoms with van der Waals surface area (Å²) in [6.07, 6.45) is 8.12. The summed E-state index contributed by atoms with van der Waals surface area (Å²) in [6, 6.07) is 0.601. The van der Waals surface area contributed by atoms with Gasteiger partial charge in [0.15, 0.2) is 0 Å². The molecule has 1 aliphatic heterocycles. The fraction of sp³-hybridized carbons (Fsp3) is 1.00. The Kier molecular flexibility index (Phi) is 6.07. The second kappa shape index (κ2) is 7.58. The van der Waals surface area contributed by atoms with E-state index in [0.717, 1.165) is 45.6 Å². The molecule has 0 radical (unpaired) electrons. The smallest absolute Gasteiger partial charge is 0.0774 e. The lowest BCUT2D eigenvalue weighted by Gasteiger charge is -2.37. The van der Waals surface area contributed by atoms with Crippen molar-refractivity contribution in [3.63, 3.8) is 0 Å². The summed E-state index contributed by atoms with van der Waals surface area (Å²) >= 11 is 0. The first kappa shape index (κ1) is 15.2. The van der Waals surface area contributed by atoms with Gasteiger partial charge in [0.1, 0.15) is 0 Å². The van der Waals surface area contributed by atoms with E-state index in [1.807, 2.05) is 0 Å². The Hall–Kier alpha value is -0.160. The van der Waals surface area contributed by atoms with E-state index in [2.05, 4.69) is 10.2 Å². The van der Waals surface area contributed by atoms with E-state index < -0.39 is 5.60 Å².